The van der Waals surface area contributed by atoms with Crippen molar-refractivity contribution in [2.75, 3.05) is 20.2 Å². The number of carbonyl (C=O) groups excluding carboxylic acids is 3. The van der Waals surface area contributed by atoms with Crippen LogP contribution in [-0.2, 0) is 22.3 Å². The Bertz CT molecular complexity index is 1410. The smallest absolute Gasteiger partial charge is 0.420 e. The van der Waals surface area contributed by atoms with Gasteiger partial charge in [0.1, 0.15) is 34.7 Å². The number of piperidine rings is 1. The number of halogens is 3. The van der Waals surface area contributed by atoms with Gasteiger partial charge in [0.25, 0.3) is 0 Å². The number of aromatic nitrogens is 2. The maximum absolute atomic E-state index is 13.5. The first-order valence-corrected chi connectivity index (χ1v) is 12.8. The summed E-state index contributed by atoms with van der Waals surface area (Å²) < 4.78 is 56.1. The second-order valence-corrected chi connectivity index (χ2v) is 9.47. The van der Waals surface area contributed by atoms with Crippen LogP contribution in [0.15, 0.2) is 61.2 Å². The molecule has 3 amide bonds. The van der Waals surface area contributed by atoms with Crippen molar-refractivity contribution in [2.24, 2.45) is 0 Å². The molecule has 1 saturated heterocycles. The van der Waals surface area contributed by atoms with Gasteiger partial charge in [-0.15, -0.1) is 0 Å². The predicted molar refractivity (Wildman–Crippen MR) is 142 cm³/mol. The molecular formula is C28H28F3N5O6. The molecule has 0 radical (unpaired) electrons. The molecule has 0 unspecified atom stereocenters. The monoisotopic (exact) mass is 587 g/mol. The zero-order valence-electron chi connectivity index (χ0n) is 22.7. The molecule has 0 spiro atoms. The quantitative estimate of drug-likeness (QED) is 0.403. The highest BCUT2D eigenvalue weighted by Crippen LogP contribution is 2.40. The summed E-state index contributed by atoms with van der Waals surface area (Å²) in [4.78, 5) is 47.0. The van der Waals surface area contributed by atoms with Gasteiger partial charge in [-0.3, -0.25) is 9.59 Å². The molecule has 4 rings (SSSR count). The summed E-state index contributed by atoms with van der Waals surface area (Å²) in [6.45, 7) is 1.97. The minimum Gasteiger partial charge on any atom is -0.497 e. The molecule has 0 saturated carbocycles. The lowest BCUT2D eigenvalue weighted by atomic mass is 9.86. The fourth-order valence-electron chi connectivity index (χ4n) is 4.38. The molecule has 222 valence electrons. The van der Waals surface area contributed by atoms with Crippen LogP contribution in [0.25, 0.3) is 0 Å². The Labute approximate surface area is 239 Å². The van der Waals surface area contributed by atoms with Crippen LogP contribution in [0.2, 0.25) is 0 Å². The van der Waals surface area contributed by atoms with E-state index in [4.69, 9.17) is 14.2 Å². The number of nitrogens with zero attached hydrogens (tertiary/aromatic N) is 3. The number of ether oxygens (including phenoxy) is 3. The van der Waals surface area contributed by atoms with Gasteiger partial charge in [-0.1, -0.05) is 12.1 Å². The van der Waals surface area contributed by atoms with Gasteiger partial charge in [-0.25, -0.2) is 14.8 Å². The van der Waals surface area contributed by atoms with Crippen LogP contribution in [0, 0.1) is 0 Å². The van der Waals surface area contributed by atoms with Crippen LogP contribution in [0.1, 0.15) is 30.9 Å². The van der Waals surface area contributed by atoms with Crippen molar-refractivity contribution < 1.29 is 41.8 Å². The average Bonchev–Trinajstić information content (AvgIpc) is 2.97. The number of benzene rings is 2. The molecule has 0 atom stereocenters. The number of likely N-dealkylation sites (tertiary alicyclic amines) is 1. The van der Waals surface area contributed by atoms with Crippen LogP contribution >= 0.6 is 0 Å². The first kappa shape index (κ1) is 30.1. The molecule has 42 heavy (non-hydrogen) atoms. The molecular weight excluding hydrogens is 559 g/mol. The molecule has 0 aliphatic carbocycles. The van der Waals surface area contributed by atoms with Crippen LogP contribution in [0.5, 0.6) is 23.0 Å². The van der Waals surface area contributed by atoms with Crippen molar-refractivity contribution in [3.63, 3.8) is 0 Å². The molecule has 3 aromatic rings. The normalized spacial score (nSPS) is 14.5. The third-order valence-electron chi connectivity index (χ3n) is 6.68. The number of hydrogen-bond donors (Lipinski definition) is 2. The maximum atomic E-state index is 13.5. The van der Waals surface area contributed by atoms with Crippen LogP contribution in [0.4, 0.5) is 18.0 Å². The van der Waals surface area contributed by atoms with E-state index in [0.29, 0.717) is 5.56 Å². The highest BCUT2D eigenvalue weighted by atomic mass is 19.4. The predicted octanol–water partition coefficient (Wildman–Crippen LogP) is 4.08. The van der Waals surface area contributed by atoms with E-state index in [-0.39, 0.29) is 61.4 Å². The van der Waals surface area contributed by atoms with E-state index in [1.165, 1.54) is 57.0 Å². The van der Waals surface area contributed by atoms with E-state index in [1.54, 1.807) is 17.0 Å². The standard InChI is InChI=1S/C28H28F3N5O6/c1-18(37)36-11-9-27(10-12-36,35-26(39)42-22-15-32-17-33-16-22)25(38)34-14-19-3-5-20(6-4-19)41-24-8-7-21(40-2)13-23(24)28(29,30)31/h3-8,13,15-17H,9-12,14H2,1-2H3,(H,34,38)(H,35,39). The average molecular weight is 588 g/mol. The number of nitrogens with one attached hydrogen (secondary N) is 2. The Morgan fingerprint density at radius 2 is 1.62 bits per heavy atom. The lowest BCUT2D eigenvalue weighted by Crippen LogP contribution is -2.63. The minimum absolute atomic E-state index is 0.0438. The molecule has 2 N–H and O–H groups in total. The second-order valence-electron chi connectivity index (χ2n) is 9.47. The van der Waals surface area contributed by atoms with E-state index in [2.05, 4.69) is 20.6 Å². The summed E-state index contributed by atoms with van der Waals surface area (Å²) in [5.74, 6) is -0.729. The summed E-state index contributed by atoms with van der Waals surface area (Å²) in [5, 5.41) is 5.44. The maximum Gasteiger partial charge on any atom is 0.420 e. The van der Waals surface area contributed by atoms with E-state index in [9.17, 15) is 27.6 Å². The summed E-state index contributed by atoms with van der Waals surface area (Å²) >= 11 is 0. The van der Waals surface area contributed by atoms with Gasteiger partial charge >= 0.3 is 12.3 Å². The van der Waals surface area contributed by atoms with Crippen molar-refractivity contribution in [3.8, 4) is 23.0 Å². The molecule has 14 heteroatoms. The van der Waals surface area contributed by atoms with Crippen molar-refractivity contribution >= 4 is 17.9 Å². The van der Waals surface area contributed by atoms with Crippen LogP contribution in [-0.4, -0.2) is 58.5 Å². The molecule has 1 aliphatic rings. The van der Waals surface area contributed by atoms with Gasteiger partial charge < -0.3 is 29.7 Å². The summed E-state index contributed by atoms with van der Waals surface area (Å²) in [6.07, 6.45) is -1.37. The highest BCUT2D eigenvalue weighted by molar-refractivity contribution is 5.90. The number of hydrogen-bond acceptors (Lipinski definition) is 8. The fraction of sp³-hybridized carbons (Fsp3) is 0.321. The topological polar surface area (TPSA) is 132 Å². The number of alkyl halides is 3. The Morgan fingerprint density at radius 3 is 2.21 bits per heavy atom. The SMILES string of the molecule is COc1ccc(Oc2ccc(CNC(=O)C3(NC(=O)Oc4cncnc4)CCN(C(C)=O)CC3)cc2)c(C(F)(F)F)c1. The van der Waals surface area contributed by atoms with Gasteiger partial charge in [0.15, 0.2) is 5.75 Å². The van der Waals surface area contributed by atoms with E-state index < -0.39 is 29.3 Å². The number of carbonyl (C=O) groups is 3. The lowest BCUT2D eigenvalue weighted by Gasteiger charge is -2.40. The third-order valence-corrected chi connectivity index (χ3v) is 6.68. The van der Waals surface area contributed by atoms with E-state index in [0.717, 1.165) is 6.07 Å². The van der Waals surface area contributed by atoms with Crippen molar-refractivity contribution in [2.45, 2.75) is 38.0 Å². The Kier molecular flexibility index (Phi) is 9.13. The van der Waals surface area contributed by atoms with Crippen molar-refractivity contribution in [1.82, 2.24) is 25.5 Å². The lowest BCUT2D eigenvalue weighted by molar-refractivity contribution is -0.138. The Balaban J connectivity index is 1.42. The molecule has 0 bridgehead atoms. The van der Waals surface area contributed by atoms with Gasteiger partial charge in [-0.05, 0) is 48.7 Å². The number of methoxy groups -OCH3 is 1. The zero-order chi connectivity index (χ0) is 30.3. The molecule has 11 nitrogen and oxygen atoms in total. The van der Waals surface area contributed by atoms with Gasteiger partial charge in [0.2, 0.25) is 11.8 Å². The second kappa shape index (κ2) is 12.7. The third kappa shape index (κ3) is 7.44. The van der Waals surface area contributed by atoms with Crippen LogP contribution in [0.3, 0.4) is 0 Å². The molecule has 1 aromatic heterocycles. The van der Waals surface area contributed by atoms with Crippen molar-refractivity contribution in [3.05, 3.63) is 72.3 Å². The summed E-state index contributed by atoms with van der Waals surface area (Å²) in [5.41, 5.74) is -1.71. The molecule has 2 aromatic carbocycles. The van der Waals surface area contributed by atoms with Gasteiger partial charge in [0.05, 0.1) is 19.5 Å². The molecule has 2 heterocycles. The number of amides is 3. The van der Waals surface area contributed by atoms with Crippen molar-refractivity contribution in [1.29, 1.82) is 0 Å². The number of rotatable bonds is 8. The van der Waals surface area contributed by atoms with Gasteiger partial charge in [0, 0.05) is 26.6 Å². The largest absolute Gasteiger partial charge is 0.497 e. The Hall–Kier alpha value is -4.88. The first-order valence-electron chi connectivity index (χ1n) is 12.8. The van der Waals surface area contributed by atoms with Gasteiger partial charge in [-0.2, -0.15) is 13.2 Å². The van der Waals surface area contributed by atoms with E-state index >= 15 is 0 Å². The van der Waals surface area contributed by atoms with E-state index in [1.807, 2.05) is 0 Å². The molecule has 1 fully saturated rings. The van der Waals surface area contributed by atoms with Crippen LogP contribution < -0.4 is 24.8 Å². The summed E-state index contributed by atoms with van der Waals surface area (Å²) in [6, 6.07) is 9.53. The Morgan fingerprint density at radius 1 is 0.976 bits per heavy atom. The minimum atomic E-state index is -4.65. The molecule has 1 aliphatic heterocycles. The highest BCUT2D eigenvalue weighted by Gasteiger charge is 2.43. The first-order chi connectivity index (χ1) is 20.0. The fourth-order valence-corrected chi connectivity index (χ4v) is 4.38. The zero-order valence-corrected chi connectivity index (χ0v) is 22.7. The summed E-state index contributed by atoms with van der Waals surface area (Å²) in [7, 11) is 1.27.